The molecule has 0 radical (unpaired) electrons. The van der Waals surface area contributed by atoms with E-state index in [9.17, 15) is 37.1 Å². The van der Waals surface area contributed by atoms with Crippen LogP contribution in [0.5, 0.6) is 0 Å². The number of nitrogens with zero attached hydrogens (tertiary/aromatic N) is 4. The maximum Gasteiger partial charge on any atom is 0.490 e. The molecular weight excluding hydrogens is 920 g/mol. The largest absolute Gasteiger partial charge is 0.490 e. The monoisotopic (exact) mass is 998 g/mol. The van der Waals surface area contributed by atoms with Crippen molar-refractivity contribution in [3.63, 3.8) is 0 Å². The van der Waals surface area contributed by atoms with E-state index in [1.165, 1.54) is 16.2 Å². The summed E-state index contributed by atoms with van der Waals surface area (Å²) in [6.45, 7) is 17.9. The van der Waals surface area contributed by atoms with Gasteiger partial charge in [0.1, 0.15) is 17.1 Å². The average molecular weight is 998 g/mol. The van der Waals surface area contributed by atoms with Crippen LogP contribution in [0, 0.1) is 29.6 Å². The number of ether oxygens (including phenoxy) is 2. The summed E-state index contributed by atoms with van der Waals surface area (Å²) in [7, 11) is 8.23. The second-order valence-electron chi connectivity index (χ2n) is 18.9. The van der Waals surface area contributed by atoms with E-state index in [2.05, 4.69) is 20.9 Å². The number of hydrogen-bond donors (Lipinski definition) is 4. The number of thiazole rings is 1. The molecule has 1 aliphatic heterocycles. The molecule has 0 aliphatic carbocycles. The normalized spacial score (nSPS) is 17.9. The SMILES string of the molecule is CC[C@H](C)[C@@H]([C@@H](CC(=O)N1CCC[C@H]1[C@H](OC)[C@@H](C)C(=O)N[C@@H](Cc1ccccc1)c1nccs1)OC)N(C)C(=O)[C@@H](NC(=O)[C@H](C(C)C)N(C)C(=O)[C@@H](NC)C(C)C)C(C)C.O=C(O)C(F)(F)F. The number of likely N-dealkylation sites (N-methyl/N-ethyl adjacent to an activating group) is 3. The van der Waals surface area contributed by atoms with Gasteiger partial charge in [-0.05, 0) is 55.5 Å². The van der Waals surface area contributed by atoms with Crippen molar-refractivity contribution in [2.24, 2.45) is 29.6 Å². The van der Waals surface area contributed by atoms with Gasteiger partial charge in [-0.15, -0.1) is 11.3 Å². The maximum absolute atomic E-state index is 14.6. The van der Waals surface area contributed by atoms with Gasteiger partial charge < -0.3 is 45.2 Å². The van der Waals surface area contributed by atoms with E-state index < -0.39 is 60.3 Å². The second-order valence-corrected chi connectivity index (χ2v) is 19.8. The number of aromatic nitrogens is 1. The highest BCUT2D eigenvalue weighted by molar-refractivity contribution is 7.09. The van der Waals surface area contributed by atoms with Crippen LogP contribution >= 0.6 is 11.3 Å². The van der Waals surface area contributed by atoms with Gasteiger partial charge in [-0.1, -0.05) is 99.1 Å². The Morgan fingerprint density at radius 1 is 0.870 bits per heavy atom. The number of aliphatic carboxylic acids is 1. The number of benzene rings is 1. The van der Waals surface area contributed by atoms with E-state index in [0.29, 0.717) is 25.8 Å². The topological polar surface area (TPSA) is 200 Å². The van der Waals surface area contributed by atoms with Gasteiger partial charge in [0.05, 0.1) is 48.7 Å². The maximum atomic E-state index is 14.6. The van der Waals surface area contributed by atoms with Gasteiger partial charge >= 0.3 is 12.1 Å². The van der Waals surface area contributed by atoms with Gasteiger partial charge in [-0.2, -0.15) is 13.2 Å². The first kappa shape index (κ1) is 60.5. The molecule has 3 rings (SSSR count). The Morgan fingerprint density at radius 3 is 1.91 bits per heavy atom. The highest BCUT2D eigenvalue weighted by atomic mass is 32.1. The first-order valence-corrected chi connectivity index (χ1v) is 24.6. The minimum absolute atomic E-state index is 0.00332. The van der Waals surface area contributed by atoms with Crippen molar-refractivity contribution in [1.82, 2.24) is 35.6 Å². The molecule has 0 spiro atoms. The Bertz CT molecular complexity index is 1930. The van der Waals surface area contributed by atoms with Gasteiger partial charge in [0.15, 0.2) is 0 Å². The summed E-state index contributed by atoms with van der Waals surface area (Å²) >= 11 is 1.50. The van der Waals surface area contributed by atoms with E-state index in [4.69, 9.17) is 19.4 Å². The van der Waals surface area contributed by atoms with E-state index in [0.717, 1.165) is 17.0 Å². The zero-order chi connectivity index (χ0) is 52.5. The molecule has 0 saturated carbocycles. The summed E-state index contributed by atoms with van der Waals surface area (Å²) in [5.74, 6) is -5.14. The zero-order valence-corrected chi connectivity index (χ0v) is 43.7. The number of carboxylic acid groups (broad SMARTS) is 1. The number of halogens is 3. The van der Waals surface area contributed by atoms with Crippen LogP contribution in [0.15, 0.2) is 41.9 Å². The third-order valence-electron chi connectivity index (χ3n) is 13.0. The molecule has 2 heterocycles. The molecule has 390 valence electrons. The Balaban J connectivity index is 0.00000216. The second kappa shape index (κ2) is 28.3. The summed E-state index contributed by atoms with van der Waals surface area (Å²) in [5, 5.41) is 19.2. The quantitative estimate of drug-likeness (QED) is 0.0968. The van der Waals surface area contributed by atoms with E-state index in [1.807, 2.05) is 103 Å². The lowest BCUT2D eigenvalue weighted by Gasteiger charge is -2.41. The summed E-state index contributed by atoms with van der Waals surface area (Å²) in [5.41, 5.74) is 1.08. The number of carboxylic acids is 1. The molecule has 0 bridgehead atoms. The van der Waals surface area contributed by atoms with Crippen LogP contribution in [0.3, 0.4) is 0 Å². The van der Waals surface area contributed by atoms with Gasteiger partial charge in [-0.3, -0.25) is 24.0 Å². The zero-order valence-electron chi connectivity index (χ0n) is 42.8. The number of nitrogens with one attached hydrogen (secondary N) is 3. The fourth-order valence-corrected chi connectivity index (χ4v) is 9.75. The third kappa shape index (κ3) is 17.0. The molecular formula is C49H78F3N7O9S. The summed E-state index contributed by atoms with van der Waals surface area (Å²) < 4.78 is 43.9. The number of methoxy groups -OCH3 is 2. The highest BCUT2D eigenvalue weighted by Crippen LogP contribution is 2.31. The molecule has 1 aromatic carbocycles. The predicted octanol–water partition coefficient (Wildman–Crippen LogP) is 5.96. The van der Waals surface area contributed by atoms with Crippen molar-refractivity contribution in [3.05, 3.63) is 52.5 Å². The Kier molecular flexibility index (Phi) is 24.8. The Labute approximate surface area is 410 Å². The van der Waals surface area contributed by atoms with Gasteiger partial charge in [-0.25, -0.2) is 9.78 Å². The van der Waals surface area contributed by atoms with Crippen molar-refractivity contribution in [2.45, 2.75) is 149 Å². The van der Waals surface area contributed by atoms with Crippen molar-refractivity contribution < 1.29 is 56.5 Å². The van der Waals surface area contributed by atoms with E-state index >= 15 is 0 Å². The first-order chi connectivity index (χ1) is 32.3. The van der Waals surface area contributed by atoms with Gasteiger partial charge in [0.25, 0.3) is 0 Å². The summed E-state index contributed by atoms with van der Waals surface area (Å²) in [6, 6.07) is 6.63. The van der Waals surface area contributed by atoms with Crippen LogP contribution in [-0.2, 0) is 44.7 Å². The van der Waals surface area contributed by atoms with Crippen molar-refractivity contribution in [3.8, 4) is 0 Å². The summed E-state index contributed by atoms with van der Waals surface area (Å²) in [4.78, 5) is 88.9. The molecule has 1 saturated heterocycles. The number of amides is 5. The van der Waals surface area contributed by atoms with Crippen LogP contribution in [0.1, 0.15) is 105 Å². The lowest BCUT2D eigenvalue weighted by Crippen LogP contribution is -2.61. The molecule has 1 fully saturated rings. The fourth-order valence-electron chi connectivity index (χ4n) is 9.06. The number of carbonyl (C=O) groups is 6. The molecule has 20 heteroatoms. The standard InChI is InChI=1S/C47H77N7O7S.C2HF3O2/c1-15-31(8)41(53(12)47(59)39(29(4)5)51-44(57)40(30(6)7)52(11)46(58)38(48-10)28(2)3)36(60-13)27-37(55)54-24-19-22-35(54)42(61-14)32(9)43(56)50-34(45-49-23-25-62-45)26-33-20-17-16-18-21-33;3-2(4,5)1(6)7/h16-18,20-21,23,25,28-32,34-36,38-42,48H,15,19,22,24,26-27H2,1-14H3,(H,50,56)(H,51,57);(H,6,7)/t31-,32+,34-,35-,36+,38-,39-,40-,41-,42+;/m0./s1. The minimum atomic E-state index is -5.08. The number of carbonyl (C=O) groups excluding carboxylic acids is 5. The third-order valence-corrected chi connectivity index (χ3v) is 13.9. The average Bonchev–Trinajstić information content (AvgIpc) is 4.01. The number of rotatable bonds is 24. The van der Waals surface area contributed by atoms with Gasteiger partial charge in [0, 0.05) is 46.4 Å². The van der Waals surface area contributed by atoms with Gasteiger partial charge in [0.2, 0.25) is 29.5 Å². The smallest absolute Gasteiger partial charge is 0.475 e. The molecule has 2 aromatic rings. The number of alkyl halides is 3. The van der Waals surface area contributed by atoms with E-state index in [1.54, 1.807) is 46.5 Å². The number of likely N-dealkylation sites (tertiary alicyclic amines) is 1. The minimum Gasteiger partial charge on any atom is -0.475 e. The molecule has 16 nitrogen and oxygen atoms in total. The molecule has 0 unspecified atom stereocenters. The van der Waals surface area contributed by atoms with Crippen LogP contribution < -0.4 is 16.0 Å². The lowest BCUT2D eigenvalue weighted by atomic mass is 9.89. The molecule has 69 heavy (non-hydrogen) atoms. The Hall–Kier alpha value is -4.66. The van der Waals surface area contributed by atoms with Crippen LogP contribution in [0.4, 0.5) is 13.2 Å². The predicted molar refractivity (Wildman–Crippen MR) is 259 cm³/mol. The summed E-state index contributed by atoms with van der Waals surface area (Å²) in [6.07, 6.45) is -1.86. The first-order valence-electron chi connectivity index (χ1n) is 23.7. The lowest BCUT2D eigenvalue weighted by molar-refractivity contribution is -0.192. The molecule has 10 atom stereocenters. The van der Waals surface area contributed by atoms with Crippen LogP contribution in [-0.4, -0.2) is 151 Å². The number of hydrogen-bond acceptors (Lipinski definition) is 11. The fraction of sp³-hybridized carbons (Fsp3) is 0.694. The highest BCUT2D eigenvalue weighted by Gasteiger charge is 2.44. The molecule has 4 N–H and O–H groups in total. The van der Waals surface area contributed by atoms with Crippen molar-refractivity contribution in [1.29, 1.82) is 0 Å². The van der Waals surface area contributed by atoms with E-state index in [-0.39, 0.29) is 65.8 Å². The molecule has 1 aromatic heterocycles. The van der Waals surface area contributed by atoms with Crippen LogP contribution in [0.25, 0.3) is 0 Å². The molecule has 5 amide bonds. The Morgan fingerprint density at radius 2 is 1.45 bits per heavy atom. The molecule has 1 aliphatic rings. The van der Waals surface area contributed by atoms with Crippen LogP contribution in [0.2, 0.25) is 0 Å². The van der Waals surface area contributed by atoms with Crippen molar-refractivity contribution in [2.75, 3.05) is 41.9 Å². The van der Waals surface area contributed by atoms with Crippen molar-refractivity contribution >= 4 is 46.8 Å².